The first-order valence-electron chi connectivity index (χ1n) is 13.3. The zero-order chi connectivity index (χ0) is 27.2. The van der Waals surface area contributed by atoms with Gasteiger partial charge >= 0.3 is 0 Å². The van der Waals surface area contributed by atoms with Crippen molar-refractivity contribution in [2.45, 2.75) is 42.9 Å². The van der Waals surface area contributed by atoms with E-state index in [1.54, 1.807) is 12.1 Å². The van der Waals surface area contributed by atoms with Crippen LogP contribution in [0.2, 0.25) is 0 Å². The lowest BCUT2D eigenvalue weighted by molar-refractivity contribution is -0.118. The summed E-state index contributed by atoms with van der Waals surface area (Å²) in [4.78, 5) is 13.7. The molecular weight excluding hydrogens is 516 g/mol. The second-order valence-corrected chi connectivity index (χ2v) is 12.7. The summed E-state index contributed by atoms with van der Waals surface area (Å²) in [6, 6.07) is 18.4. The highest BCUT2D eigenvalue weighted by Gasteiger charge is 2.51. The molecule has 206 valence electrons. The Kier molecular flexibility index (Phi) is 6.61. The summed E-state index contributed by atoms with van der Waals surface area (Å²) in [6.45, 7) is 2.99. The summed E-state index contributed by atoms with van der Waals surface area (Å²) >= 11 is 0. The van der Waals surface area contributed by atoms with Crippen LogP contribution in [0.4, 0.5) is 5.69 Å². The number of fused-ring (bicyclic) bond motifs is 1. The van der Waals surface area contributed by atoms with Crippen molar-refractivity contribution in [1.82, 2.24) is 4.31 Å². The summed E-state index contributed by atoms with van der Waals surface area (Å²) in [5, 5.41) is 12.6. The number of benzene rings is 3. The van der Waals surface area contributed by atoms with Crippen LogP contribution in [-0.2, 0) is 20.2 Å². The molecule has 2 heterocycles. The average molecular weight is 551 g/mol. The highest BCUT2D eigenvalue weighted by atomic mass is 32.2. The Morgan fingerprint density at radius 3 is 2.59 bits per heavy atom. The van der Waals surface area contributed by atoms with Gasteiger partial charge < -0.3 is 19.9 Å². The standard InChI is InChI=1S/C30H32N2O6S.H2/c1-20-4-8-24(31-29(34)30(12-13-30)23-7-11-27-28(15-23)38-19-37-27)16-26(20)22-5-9-25(10-6-22)39(35,36)32-14-2-3-21(17-32)18-33;/h4-11,15-16,21,33H,2-3,12-14,17-19H2,1H3,(H,31,34);1H. The van der Waals surface area contributed by atoms with Crippen molar-refractivity contribution in [3.63, 3.8) is 0 Å². The molecule has 1 atom stereocenters. The van der Waals surface area contributed by atoms with Gasteiger partial charge in [-0.2, -0.15) is 4.31 Å². The second kappa shape index (κ2) is 9.97. The molecule has 0 aromatic heterocycles. The van der Waals surface area contributed by atoms with Crippen LogP contribution in [0.25, 0.3) is 11.1 Å². The Morgan fingerprint density at radius 2 is 1.85 bits per heavy atom. The van der Waals surface area contributed by atoms with Crippen molar-refractivity contribution < 1.29 is 29.2 Å². The average Bonchev–Trinajstić information content (AvgIpc) is 3.64. The number of rotatable bonds is 7. The van der Waals surface area contributed by atoms with Crippen LogP contribution in [0.1, 0.15) is 38.2 Å². The molecule has 0 radical (unpaired) electrons. The first-order chi connectivity index (χ1) is 18.8. The first-order valence-corrected chi connectivity index (χ1v) is 14.8. The van der Waals surface area contributed by atoms with Crippen LogP contribution in [-0.4, -0.2) is 50.2 Å². The third-order valence-corrected chi connectivity index (χ3v) is 10.0. The van der Waals surface area contributed by atoms with E-state index >= 15 is 0 Å². The molecule has 2 N–H and O–H groups in total. The normalized spacial score (nSPS) is 20.0. The van der Waals surface area contributed by atoms with Gasteiger partial charge in [-0.3, -0.25) is 4.79 Å². The Labute approximate surface area is 230 Å². The fraction of sp³-hybridized carbons (Fsp3) is 0.367. The van der Waals surface area contributed by atoms with E-state index in [4.69, 9.17) is 9.47 Å². The summed E-state index contributed by atoms with van der Waals surface area (Å²) in [5.74, 6) is 1.29. The molecular formula is C30H34N2O6S. The summed E-state index contributed by atoms with van der Waals surface area (Å²) in [5.41, 5.74) is 3.84. The molecule has 2 fully saturated rings. The van der Waals surface area contributed by atoms with Gasteiger partial charge in [0, 0.05) is 26.8 Å². The minimum Gasteiger partial charge on any atom is -0.454 e. The summed E-state index contributed by atoms with van der Waals surface area (Å²) in [6.07, 6.45) is 3.12. The number of sulfonamides is 1. The maximum atomic E-state index is 13.4. The van der Waals surface area contributed by atoms with E-state index in [0.29, 0.717) is 30.3 Å². The summed E-state index contributed by atoms with van der Waals surface area (Å²) in [7, 11) is -3.63. The number of aliphatic hydroxyl groups is 1. The number of aryl methyl sites for hydroxylation is 1. The lowest BCUT2D eigenvalue weighted by Gasteiger charge is -2.31. The molecule has 3 aromatic carbocycles. The Balaban J connectivity index is 0.00000323. The van der Waals surface area contributed by atoms with Gasteiger partial charge in [0.1, 0.15) is 0 Å². The van der Waals surface area contributed by atoms with Gasteiger partial charge in [-0.25, -0.2) is 8.42 Å². The Morgan fingerprint density at radius 1 is 1.08 bits per heavy atom. The van der Waals surface area contributed by atoms with E-state index in [-0.39, 0.29) is 31.5 Å². The number of aliphatic hydroxyl groups excluding tert-OH is 1. The minimum absolute atomic E-state index is 0. The predicted octanol–water partition coefficient (Wildman–Crippen LogP) is 4.70. The lowest BCUT2D eigenvalue weighted by atomic mass is 9.94. The molecule has 1 unspecified atom stereocenters. The van der Waals surface area contributed by atoms with Crippen molar-refractivity contribution in [2.75, 3.05) is 31.8 Å². The van der Waals surface area contributed by atoms with E-state index in [1.165, 1.54) is 4.31 Å². The SMILES string of the molecule is Cc1ccc(NC(=O)C2(c3ccc4c(c3)OCO4)CC2)cc1-c1ccc(S(=O)(=O)N2CCCC(CO)C2)cc1.[HH]. The Hall–Kier alpha value is -3.40. The number of ether oxygens (including phenoxy) is 2. The predicted molar refractivity (Wildman–Crippen MR) is 149 cm³/mol. The zero-order valence-electron chi connectivity index (χ0n) is 21.9. The molecule has 3 aliphatic rings. The molecule has 39 heavy (non-hydrogen) atoms. The fourth-order valence-electron chi connectivity index (χ4n) is 5.58. The highest BCUT2D eigenvalue weighted by molar-refractivity contribution is 7.89. The van der Waals surface area contributed by atoms with Gasteiger partial charge in [0.15, 0.2) is 11.5 Å². The first kappa shape index (κ1) is 25.9. The van der Waals surface area contributed by atoms with E-state index in [2.05, 4.69) is 5.32 Å². The van der Waals surface area contributed by atoms with Gasteiger partial charge in [0.05, 0.1) is 10.3 Å². The third kappa shape index (κ3) is 4.79. The monoisotopic (exact) mass is 550 g/mol. The fourth-order valence-corrected chi connectivity index (χ4v) is 7.13. The molecule has 3 aromatic rings. The number of hydrogen-bond donors (Lipinski definition) is 2. The van der Waals surface area contributed by atoms with Crippen LogP contribution >= 0.6 is 0 Å². The smallest absolute Gasteiger partial charge is 0.243 e. The van der Waals surface area contributed by atoms with Crippen molar-refractivity contribution in [1.29, 1.82) is 0 Å². The topological polar surface area (TPSA) is 105 Å². The molecule has 1 amide bonds. The maximum absolute atomic E-state index is 13.4. The molecule has 9 heteroatoms. The Bertz CT molecular complexity index is 1520. The number of hydrogen-bond acceptors (Lipinski definition) is 6. The van der Waals surface area contributed by atoms with Gasteiger partial charge in [0.25, 0.3) is 0 Å². The second-order valence-electron chi connectivity index (χ2n) is 10.7. The van der Waals surface area contributed by atoms with E-state index in [1.807, 2.05) is 55.5 Å². The van der Waals surface area contributed by atoms with Crippen LogP contribution in [0.15, 0.2) is 65.6 Å². The van der Waals surface area contributed by atoms with E-state index < -0.39 is 15.4 Å². The molecule has 0 bridgehead atoms. The summed E-state index contributed by atoms with van der Waals surface area (Å²) < 4.78 is 38.8. The number of nitrogens with one attached hydrogen (secondary N) is 1. The lowest BCUT2D eigenvalue weighted by Crippen LogP contribution is -2.40. The van der Waals surface area contributed by atoms with Crippen molar-refractivity contribution in [3.05, 3.63) is 71.8 Å². The molecule has 8 nitrogen and oxygen atoms in total. The number of piperidine rings is 1. The molecule has 1 aliphatic carbocycles. The van der Waals surface area contributed by atoms with Crippen LogP contribution in [0.3, 0.4) is 0 Å². The van der Waals surface area contributed by atoms with Crippen LogP contribution < -0.4 is 14.8 Å². The number of carbonyl (C=O) groups excluding carboxylic acids is 1. The van der Waals surface area contributed by atoms with Crippen molar-refractivity contribution in [2.24, 2.45) is 5.92 Å². The molecule has 1 saturated heterocycles. The quantitative estimate of drug-likeness (QED) is 0.442. The minimum atomic E-state index is -3.63. The molecule has 1 saturated carbocycles. The van der Waals surface area contributed by atoms with E-state index in [9.17, 15) is 18.3 Å². The number of nitrogens with zero attached hydrogens (tertiary/aromatic N) is 1. The van der Waals surface area contributed by atoms with Gasteiger partial charge in [-0.1, -0.05) is 24.3 Å². The largest absolute Gasteiger partial charge is 0.454 e. The van der Waals surface area contributed by atoms with Gasteiger partial charge in [0.2, 0.25) is 22.7 Å². The molecule has 0 spiro atoms. The number of carbonyl (C=O) groups is 1. The third-order valence-electron chi connectivity index (χ3n) is 8.15. The van der Waals surface area contributed by atoms with Crippen LogP contribution in [0, 0.1) is 12.8 Å². The highest BCUT2D eigenvalue weighted by Crippen LogP contribution is 2.51. The maximum Gasteiger partial charge on any atom is 0.243 e. The number of anilines is 1. The molecule has 6 rings (SSSR count). The van der Waals surface area contributed by atoms with Gasteiger partial charge in [-0.15, -0.1) is 0 Å². The van der Waals surface area contributed by atoms with Crippen molar-refractivity contribution in [3.8, 4) is 22.6 Å². The zero-order valence-corrected chi connectivity index (χ0v) is 22.7. The van der Waals surface area contributed by atoms with Gasteiger partial charge in [-0.05, 0) is 97.2 Å². The molecule has 2 aliphatic heterocycles. The number of amides is 1. The van der Waals surface area contributed by atoms with E-state index in [0.717, 1.165) is 47.9 Å². The van der Waals surface area contributed by atoms with Crippen LogP contribution in [0.5, 0.6) is 11.5 Å². The van der Waals surface area contributed by atoms with Crippen molar-refractivity contribution >= 4 is 21.6 Å².